The highest BCUT2D eigenvalue weighted by Gasteiger charge is 2.39. The number of ether oxygens (including phenoxy) is 2. The van der Waals surface area contributed by atoms with Crippen LogP contribution in [0.1, 0.15) is 37.7 Å². The Morgan fingerprint density at radius 3 is 2.67 bits per heavy atom. The number of aromatic nitrogens is 3. The molecule has 0 amide bonds. The third-order valence-corrected chi connectivity index (χ3v) is 8.04. The van der Waals surface area contributed by atoms with Gasteiger partial charge in [-0.15, -0.1) is 10.2 Å². The fourth-order valence-electron chi connectivity index (χ4n) is 5.02. The molecule has 1 N–H and O–H groups in total. The molecule has 1 aromatic carbocycles. The number of aliphatic hydroxyl groups is 1. The van der Waals surface area contributed by atoms with Gasteiger partial charge in [0.05, 0.1) is 12.1 Å². The van der Waals surface area contributed by atoms with E-state index >= 15 is 0 Å². The highest BCUT2D eigenvalue weighted by atomic mass is 35.5. The molecule has 0 saturated heterocycles. The lowest BCUT2D eigenvalue weighted by Crippen LogP contribution is -2.36. The number of hydrogen-bond donors (Lipinski definition) is 1. The maximum Gasteiger partial charge on any atom is 0.348 e. The fourth-order valence-corrected chi connectivity index (χ4v) is 6.01. The number of benzene rings is 1. The molecule has 0 spiro atoms. The number of methoxy groups -OCH3 is 1. The van der Waals surface area contributed by atoms with E-state index in [1.807, 2.05) is 18.2 Å². The summed E-state index contributed by atoms with van der Waals surface area (Å²) in [7, 11) is 1.59. The summed E-state index contributed by atoms with van der Waals surface area (Å²) in [6.45, 7) is 0. The molecule has 5 rings (SSSR count). The van der Waals surface area contributed by atoms with Gasteiger partial charge < -0.3 is 19.0 Å². The topological polar surface area (TPSA) is 108 Å². The van der Waals surface area contributed by atoms with E-state index < -0.39 is 12.1 Å². The van der Waals surface area contributed by atoms with Crippen molar-refractivity contribution < 1.29 is 23.8 Å². The molecule has 188 valence electrons. The van der Waals surface area contributed by atoms with Crippen LogP contribution in [0.5, 0.6) is 5.75 Å². The second kappa shape index (κ2) is 10.9. The lowest BCUT2D eigenvalue weighted by atomic mass is 9.80. The van der Waals surface area contributed by atoms with Crippen LogP contribution in [0.4, 0.5) is 0 Å². The van der Waals surface area contributed by atoms with E-state index in [1.165, 1.54) is 0 Å². The molecule has 2 unspecified atom stereocenters. The zero-order valence-electron chi connectivity index (χ0n) is 19.7. The van der Waals surface area contributed by atoms with E-state index in [0.29, 0.717) is 34.6 Å². The average molecular weight is 528 g/mol. The molecular formula is C26H26ClN3O5S. The van der Waals surface area contributed by atoms with Crippen LogP contribution in [-0.2, 0) is 16.0 Å². The van der Waals surface area contributed by atoms with Gasteiger partial charge in [0.1, 0.15) is 22.5 Å². The normalized spacial score (nSPS) is 19.4. The van der Waals surface area contributed by atoms with Gasteiger partial charge in [-0.05, 0) is 53.9 Å². The SMILES string of the molecule is COc1ccc(CC(C2CCCC2)C2CC(O)=C(Sc3nnc(-c4ccncc4)o3)C(=O)O2)cc1Cl. The fraction of sp³-hybridized carbons (Fsp3) is 0.385. The predicted molar refractivity (Wildman–Crippen MR) is 135 cm³/mol. The number of halogens is 1. The smallest absolute Gasteiger partial charge is 0.348 e. The second-order valence-corrected chi connectivity index (χ2v) is 10.4. The van der Waals surface area contributed by atoms with Crippen molar-refractivity contribution in [2.75, 3.05) is 7.11 Å². The van der Waals surface area contributed by atoms with Gasteiger partial charge in [0, 0.05) is 30.3 Å². The Morgan fingerprint density at radius 1 is 1.19 bits per heavy atom. The zero-order valence-corrected chi connectivity index (χ0v) is 21.3. The van der Waals surface area contributed by atoms with Gasteiger partial charge in [-0.3, -0.25) is 4.98 Å². The first-order valence-corrected chi connectivity index (χ1v) is 13.1. The lowest BCUT2D eigenvalue weighted by Gasteiger charge is -2.34. The quantitative estimate of drug-likeness (QED) is 0.352. The standard InChI is InChI=1S/C26H26ClN3O5S/c1-33-21-7-6-15(13-19(21)27)12-18(16-4-2-3-5-16)22-14-20(31)23(25(32)34-22)36-26-30-29-24(35-26)17-8-10-28-11-9-17/h6-11,13,16,18,22,31H,2-5,12,14H2,1H3. The molecule has 3 aromatic rings. The summed E-state index contributed by atoms with van der Waals surface area (Å²) in [4.78, 5) is 17.1. The van der Waals surface area contributed by atoms with E-state index in [9.17, 15) is 9.90 Å². The molecule has 2 aromatic heterocycles. The summed E-state index contributed by atoms with van der Waals surface area (Å²) in [5, 5.41) is 19.6. The maximum absolute atomic E-state index is 13.0. The van der Waals surface area contributed by atoms with Crippen LogP contribution in [0.15, 0.2) is 63.0 Å². The first kappa shape index (κ1) is 24.6. The average Bonchev–Trinajstić information content (AvgIpc) is 3.58. The minimum atomic E-state index is -0.576. The Hall–Kier alpha value is -3.04. The van der Waals surface area contributed by atoms with E-state index in [0.717, 1.165) is 43.0 Å². The Bertz CT molecular complexity index is 1260. The van der Waals surface area contributed by atoms with E-state index in [-0.39, 0.29) is 28.2 Å². The number of cyclic esters (lactones) is 1. The molecule has 0 radical (unpaired) electrons. The van der Waals surface area contributed by atoms with Crippen molar-refractivity contribution in [3.63, 3.8) is 0 Å². The van der Waals surface area contributed by atoms with Crippen molar-refractivity contribution in [2.24, 2.45) is 11.8 Å². The Labute approximate surface area is 218 Å². The van der Waals surface area contributed by atoms with Gasteiger partial charge in [-0.2, -0.15) is 0 Å². The maximum atomic E-state index is 13.0. The number of esters is 1. The van der Waals surface area contributed by atoms with Crippen molar-refractivity contribution >= 4 is 29.3 Å². The Kier molecular flexibility index (Phi) is 7.48. The van der Waals surface area contributed by atoms with Crippen molar-refractivity contribution in [3.05, 3.63) is 64.0 Å². The number of aliphatic hydroxyl groups excluding tert-OH is 1. The van der Waals surface area contributed by atoms with Crippen LogP contribution in [0.25, 0.3) is 11.5 Å². The lowest BCUT2D eigenvalue weighted by molar-refractivity contribution is -0.150. The van der Waals surface area contributed by atoms with E-state index in [2.05, 4.69) is 15.2 Å². The molecule has 1 aliphatic carbocycles. The monoisotopic (exact) mass is 527 g/mol. The number of carbonyl (C=O) groups is 1. The number of carbonyl (C=O) groups excluding carboxylic acids is 1. The van der Waals surface area contributed by atoms with Crippen LogP contribution in [-0.4, -0.2) is 39.5 Å². The van der Waals surface area contributed by atoms with Gasteiger partial charge in [0.2, 0.25) is 5.89 Å². The number of hydrogen-bond acceptors (Lipinski definition) is 9. The summed E-state index contributed by atoms with van der Waals surface area (Å²) in [5.41, 5.74) is 1.76. The highest BCUT2D eigenvalue weighted by Crippen LogP contribution is 2.42. The number of pyridine rings is 1. The molecule has 3 heterocycles. The van der Waals surface area contributed by atoms with Gasteiger partial charge in [-0.1, -0.05) is 43.4 Å². The molecule has 1 aliphatic heterocycles. The summed E-state index contributed by atoms with van der Waals surface area (Å²) in [5.74, 6) is 0.813. The van der Waals surface area contributed by atoms with Crippen LogP contribution in [0.3, 0.4) is 0 Å². The second-order valence-electron chi connectivity index (χ2n) is 9.02. The third-order valence-electron chi connectivity index (χ3n) is 6.79. The molecule has 10 heteroatoms. The van der Waals surface area contributed by atoms with Crippen molar-refractivity contribution in [1.82, 2.24) is 15.2 Å². The minimum absolute atomic E-state index is 0.0133. The van der Waals surface area contributed by atoms with Gasteiger partial charge in [-0.25, -0.2) is 4.79 Å². The first-order chi connectivity index (χ1) is 17.5. The van der Waals surface area contributed by atoms with Crippen molar-refractivity contribution in [3.8, 4) is 17.2 Å². The van der Waals surface area contributed by atoms with Crippen LogP contribution >= 0.6 is 23.4 Å². The zero-order chi connectivity index (χ0) is 25.1. The van der Waals surface area contributed by atoms with E-state index in [1.54, 1.807) is 31.6 Å². The molecule has 2 atom stereocenters. The Balaban J connectivity index is 1.33. The number of rotatable bonds is 8. The Morgan fingerprint density at radius 2 is 1.97 bits per heavy atom. The first-order valence-electron chi connectivity index (χ1n) is 11.9. The predicted octanol–water partition coefficient (Wildman–Crippen LogP) is 6.02. The van der Waals surface area contributed by atoms with E-state index in [4.69, 9.17) is 25.5 Å². The molecule has 2 aliphatic rings. The van der Waals surface area contributed by atoms with Gasteiger partial charge >= 0.3 is 5.97 Å². The molecule has 8 nitrogen and oxygen atoms in total. The molecule has 1 saturated carbocycles. The van der Waals surface area contributed by atoms with Crippen molar-refractivity contribution in [1.29, 1.82) is 0 Å². The summed E-state index contributed by atoms with van der Waals surface area (Å²) < 4.78 is 16.9. The van der Waals surface area contributed by atoms with Crippen LogP contribution < -0.4 is 4.74 Å². The third kappa shape index (κ3) is 5.37. The van der Waals surface area contributed by atoms with Crippen molar-refractivity contribution in [2.45, 2.75) is 49.9 Å². The molecule has 0 bridgehead atoms. The molecule has 36 heavy (non-hydrogen) atoms. The molecular weight excluding hydrogens is 502 g/mol. The number of nitrogens with zero attached hydrogens (tertiary/aromatic N) is 3. The number of thioether (sulfide) groups is 1. The minimum Gasteiger partial charge on any atom is -0.511 e. The van der Waals surface area contributed by atoms with Gasteiger partial charge in [0.25, 0.3) is 5.22 Å². The van der Waals surface area contributed by atoms with Crippen LogP contribution in [0.2, 0.25) is 5.02 Å². The summed E-state index contributed by atoms with van der Waals surface area (Å²) in [6, 6.07) is 9.24. The van der Waals surface area contributed by atoms with Gasteiger partial charge in [0.15, 0.2) is 0 Å². The van der Waals surface area contributed by atoms with Crippen LogP contribution in [0, 0.1) is 11.8 Å². The summed E-state index contributed by atoms with van der Waals surface area (Å²) in [6.07, 6.45) is 8.23. The largest absolute Gasteiger partial charge is 0.511 e. The summed E-state index contributed by atoms with van der Waals surface area (Å²) >= 11 is 7.28. The molecule has 1 fully saturated rings. The highest BCUT2D eigenvalue weighted by molar-refractivity contribution is 8.03.